The Morgan fingerprint density at radius 3 is 2.38 bits per heavy atom. The van der Waals surface area contributed by atoms with E-state index in [4.69, 9.17) is 4.74 Å². The van der Waals surface area contributed by atoms with E-state index in [0.717, 1.165) is 5.56 Å². The molecule has 7 heteroatoms. The number of nitrogens with zero attached hydrogens (tertiary/aromatic N) is 1. The molecule has 2 aromatic rings. The highest BCUT2D eigenvalue weighted by Crippen LogP contribution is 2.31. The number of pyridine rings is 1. The maximum absolute atomic E-state index is 11.9. The van der Waals surface area contributed by atoms with Gasteiger partial charge in [0.1, 0.15) is 12.3 Å². The van der Waals surface area contributed by atoms with Crippen molar-refractivity contribution in [3.05, 3.63) is 65.5 Å². The molecule has 0 spiro atoms. The number of alkyl halides is 2. The van der Waals surface area contributed by atoms with E-state index in [0.29, 0.717) is 5.56 Å². The Hall–Kier alpha value is -1.73. The van der Waals surface area contributed by atoms with Gasteiger partial charge in [-0.05, 0) is 23.8 Å². The summed E-state index contributed by atoms with van der Waals surface area (Å²) in [6.07, 6.45) is 1.58. The highest BCUT2D eigenvalue weighted by molar-refractivity contribution is 9.12. The fraction of sp³-hybridized carbons (Fsp3) is 0.235. The smallest absolute Gasteiger partial charge is 0.356 e. The van der Waals surface area contributed by atoms with Gasteiger partial charge in [0, 0.05) is 6.20 Å². The third kappa shape index (κ3) is 4.88. The summed E-state index contributed by atoms with van der Waals surface area (Å²) >= 11 is 7.04. The summed E-state index contributed by atoms with van der Waals surface area (Å²) in [6.45, 7) is 0.183. The highest BCUT2D eigenvalue weighted by atomic mass is 79.9. The molecule has 0 fully saturated rings. The van der Waals surface area contributed by atoms with E-state index < -0.39 is 5.97 Å². The third-order valence-corrected chi connectivity index (χ3v) is 5.87. The van der Waals surface area contributed by atoms with E-state index in [1.807, 2.05) is 6.07 Å². The molecule has 1 aromatic heterocycles. The zero-order chi connectivity index (χ0) is 17.5. The van der Waals surface area contributed by atoms with Crippen molar-refractivity contribution < 1.29 is 19.1 Å². The van der Waals surface area contributed by atoms with Crippen molar-refractivity contribution in [2.45, 2.75) is 9.65 Å². The van der Waals surface area contributed by atoms with Gasteiger partial charge in [-0.1, -0.05) is 56.1 Å². The van der Waals surface area contributed by atoms with Crippen LogP contribution in [0.5, 0.6) is 0 Å². The summed E-state index contributed by atoms with van der Waals surface area (Å²) in [4.78, 5) is 27.1. The molecule has 2 unspecified atom stereocenters. The van der Waals surface area contributed by atoms with Gasteiger partial charge in [-0.25, -0.2) is 14.6 Å². The van der Waals surface area contributed by atoms with Gasteiger partial charge in [-0.2, -0.15) is 0 Å². The van der Waals surface area contributed by atoms with Gasteiger partial charge in [0.25, 0.3) is 0 Å². The molecule has 0 saturated heterocycles. The number of hydrogen-bond donors (Lipinski definition) is 0. The molecule has 0 bridgehead atoms. The van der Waals surface area contributed by atoms with Crippen molar-refractivity contribution in [2.24, 2.45) is 0 Å². The molecule has 0 saturated carbocycles. The topological polar surface area (TPSA) is 65.5 Å². The van der Waals surface area contributed by atoms with Crippen molar-refractivity contribution in [1.82, 2.24) is 4.98 Å². The summed E-state index contributed by atoms with van der Waals surface area (Å²) in [5.74, 6) is -0.862. The quantitative estimate of drug-likeness (QED) is 0.486. The van der Waals surface area contributed by atoms with Crippen molar-refractivity contribution in [2.75, 3.05) is 13.7 Å². The fourth-order valence-electron chi connectivity index (χ4n) is 1.90. The second kappa shape index (κ2) is 8.94. The lowest BCUT2D eigenvalue weighted by atomic mass is 10.1. The minimum absolute atomic E-state index is 0.139. The number of ether oxygens (including phenoxy) is 2. The Morgan fingerprint density at radius 2 is 1.79 bits per heavy atom. The Morgan fingerprint density at radius 1 is 1.08 bits per heavy atom. The first-order chi connectivity index (χ1) is 11.5. The average Bonchev–Trinajstić information content (AvgIpc) is 2.65. The lowest BCUT2D eigenvalue weighted by molar-refractivity contribution is 0.0506. The van der Waals surface area contributed by atoms with Crippen molar-refractivity contribution in [3.63, 3.8) is 0 Å². The number of methoxy groups -OCH3 is 1. The predicted molar refractivity (Wildman–Crippen MR) is 96.7 cm³/mol. The van der Waals surface area contributed by atoms with Crippen LogP contribution in [0.4, 0.5) is 0 Å². The van der Waals surface area contributed by atoms with Gasteiger partial charge in [0.15, 0.2) is 0 Å². The van der Waals surface area contributed by atoms with Crippen LogP contribution in [0.3, 0.4) is 0 Å². The minimum atomic E-state index is -0.486. The van der Waals surface area contributed by atoms with Crippen LogP contribution in [0.1, 0.15) is 31.2 Å². The SMILES string of the molecule is COC(=O)c1ccc(C(Br)C(Br)COC(=O)c2ccccc2)cn1. The standard InChI is InChI=1S/C17H15Br2NO4/c1-23-17(22)14-8-7-12(9-20-14)15(19)13(18)10-24-16(21)11-5-3-2-4-6-11/h2-9,13,15H,10H2,1H3. The van der Waals surface area contributed by atoms with Gasteiger partial charge in [0.05, 0.1) is 22.3 Å². The first-order valence-corrected chi connectivity index (χ1v) is 8.90. The Bertz CT molecular complexity index is 691. The van der Waals surface area contributed by atoms with Gasteiger partial charge in [-0.15, -0.1) is 0 Å². The van der Waals surface area contributed by atoms with E-state index in [1.54, 1.807) is 42.6 Å². The van der Waals surface area contributed by atoms with Gasteiger partial charge in [0.2, 0.25) is 0 Å². The second-order valence-electron chi connectivity index (χ2n) is 4.85. The van der Waals surface area contributed by atoms with Crippen LogP contribution in [-0.4, -0.2) is 35.5 Å². The van der Waals surface area contributed by atoms with Crippen molar-refractivity contribution in [1.29, 1.82) is 0 Å². The fourth-order valence-corrected chi connectivity index (χ4v) is 2.76. The summed E-state index contributed by atoms with van der Waals surface area (Å²) in [5.41, 5.74) is 1.59. The lowest BCUT2D eigenvalue weighted by Crippen LogP contribution is -2.18. The van der Waals surface area contributed by atoms with Gasteiger partial charge >= 0.3 is 11.9 Å². The van der Waals surface area contributed by atoms with Crippen molar-refractivity contribution >= 4 is 43.8 Å². The van der Waals surface area contributed by atoms with Crippen LogP contribution in [0.2, 0.25) is 0 Å². The number of carbonyl (C=O) groups excluding carboxylic acids is 2. The maximum atomic E-state index is 11.9. The number of carbonyl (C=O) groups is 2. The summed E-state index contributed by atoms with van der Waals surface area (Å²) < 4.78 is 9.91. The molecule has 0 aliphatic heterocycles. The van der Waals surface area contributed by atoms with Crippen LogP contribution < -0.4 is 0 Å². The molecular weight excluding hydrogens is 442 g/mol. The summed E-state index contributed by atoms with van der Waals surface area (Å²) in [5, 5.41) is 0. The summed E-state index contributed by atoms with van der Waals surface area (Å²) in [6, 6.07) is 12.2. The molecule has 24 heavy (non-hydrogen) atoms. The lowest BCUT2D eigenvalue weighted by Gasteiger charge is -2.17. The van der Waals surface area contributed by atoms with E-state index >= 15 is 0 Å². The highest BCUT2D eigenvalue weighted by Gasteiger charge is 2.21. The molecule has 0 N–H and O–H groups in total. The molecule has 5 nitrogen and oxygen atoms in total. The Labute approximate surface area is 156 Å². The number of benzene rings is 1. The van der Waals surface area contributed by atoms with E-state index in [2.05, 4.69) is 41.6 Å². The number of rotatable bonds is 6. The van der Waals surface area contributed by atoms with E-state index in [1.165, 1.54) is 7.11 Å². The zero-order valence-electron chi connectivity index (χ0n) is 12.8. The normalized spacial score (nSPS) is 13.0. The molecule has 0 amide bonds. The largest absolute Gasteiger partial charge is 0.464 e. The molecule has 2 atom stereocenters. The van der Waals surface area contributed by atoms with Crippen LogP contribution in [0, 0.1) is 0 Å². The number of esters is 2. The van der Waals surface area contributed by atoms with Gasteiger partial charge < -0.3 is 9.47 Å². The Kier molecular flexibility index (Phi) is 6.93. The third-order valence-electron chi connectivity index (χ3n) is 3.20. The Balaban J connectivity index is 1.93. The second-order valence-corrected chi connectivity index (χ2v) is 7.01. The molecule has 1 aromatic carbocycles. The molecule has 0 aliphatic carbocycles. The molecule has 0 radical (unpaired) electrons. The monoisotopic (exact) mass is 455 g/mol. The molecule has 0 aliphatic rings. The summed E-state index contributed by atoms with van der Waals surface area (Å²) in [7, 11) is 1.31. The molecule has 2 rings (SSSR count). The van der Waals surface area contributed by atoms with Crippen LogP contribution >= 0.6 is 31.9 Å². The van der Waals surface area contributed by atoms with Crippen molar-refractivity contribution in [3.8, 4) is 0 Å². The van der Waals surface area contributed by atoms with Gasteiger partial charge in [-0.3, -0.25) is 0 Å². The maximum Gasteiger partial charge on any atom is 0.356 e. The predicted octanol–water partition coefficient (Wildman–Crippen LogP) is 3.92. The average molecular weight is 457 g/mol. The molecule has 126 valence electrons. The number of hydrogen-bond acceptors (Lipinski definition) is 5. The molecular formula is C17H15Br2NO4. The van der Waals surface area contributed by atoms with Crippen LogP contribution in [0.25, 0.3) is 0 Å². The number of aromatic nitrogens is 1. The van der Waals surface area contributed by atoms with Crippen LogP contribution in [0.15, 0.2) is 48.7 Å². The van der Waals surface area contributed by atoms with E-state index in [-0.39, 0.29) is 27.9 Å². The zero-order valence-corrected chi connectivity index (χ0v) is 16.0. The first-order valence-electron chi connectivity index (χ1n) is 7.07. The first kappa shape index (κ1) is 18.6. The van der Waals surface area contributed by atoms with E-state index in [9.17, 15) is 9.59 Å². The molecule has 1 heterocycles. The van der Waals surface area contributed by atoms with Crippen LogP contribution in [-0.2, 0) is 9.47 Å². The number of halogens is 2. The minimum Gasteiger partial charge on any atom is -0.464 e.